The van der Waals surface area contributed by atoms with Gasteiger partial charge in [0.05, 0.1) is 13.2 Å². The lowest BCUT2D eigenvalue weighted by molar-refractivity contribution is 0.0134. The Hall–Kier alpha value is -0.820. The van der Waals surface area contributed by atoms with Crippen molar-refractivity contribution >= 4 is 0 Å². The van der Waals surface area contributed by atoms with E-state index >= 15 is 0 Å². The van der Waals surface area contributed by atoms with E-state index in [4.69, 9.17) is 14.2 Å². The molecule has 0 saturated heterocycles. The average molecular weight is 240 g/mol. The molecule has 0 atom stereocenters. The van der Waals surface area contributed by atoms with Crippen LogP contribution in [0.2, 0.25) is 0 Å². The van der Waals surface area contributed by atoms with E-state index in [1.54, 1.807) is 21.3 Å². The van der Waals surface area contributed by atoms with Gasteiger partial charge < -0.3 is 14.2 Å². The molecule has 0 amide bonds. The average Bonchev–Trinajstić information content (AvgIpc) is 2.24. The van der Waals surface area contributed by atoms with E-state index in [1.165, 1.54) is 0 Å². The van der Waals surface area contributed by atoms with Crippen LogP contribution in [0.25, 0.3) is 0 Å². The third-order valence-corrected chi connectivity index (χ3v) is 2.38. The Morgan fingerprint density at radius 2 is 1.65 bits per heavy atom. The van der Waals surface area contributed by atoms with Crippen LogP contribution in [-0.2, 0) is 14.2 Å². The summed E-state index contributed by atoms with van der Waals surface area (Å²) in [6, 6.07) is 0. The van der Waals surface area contributed by atoms with Crippen LogP contribution in [0.15, 0.2) is 12.2 Å². The highest BCUT2D eigenvalue weighted by Gasteiger charge is 2.29. The zero-order valence-electron chi connectivity index (χ0n) is 11.5. The van der Waals surface area contributed by atoms with E-state index < -0.39 is 0 Å². The highest BCUT2D eigenvalue weighted by Crippen LogP contribution is 2.30. The van der Waals surface area contributed by atoms with Gasteiger partial charge >= 0.3 is 0 Å². The van der Waals surface area contributed by atoms with E-state index in [0.717, 1.165) is 18.4 Å². The van der Waals surface area contributed by atoms with Crippen LogP contribution in [-0.4, -0.2) is 41.2 Å². The lowest BCUT2D eigenvalue weighted by Crippen LogP contribution is -2.31. The van der Waals surface area contributed by atoms with Crippen molar-refractivity contribution in [1.29, 1.82) is 0 Å². The highest BCUT2D eigenvalue weighted by atomic mass is 16.5. The smallest absolute Gasteiger partial charge is 0.107 e. The lowest BCUT2D eigenvalue weighted by Gasteiger charge is -2.30. The van der Waals surface area contributed by atoms with Gasteiger partial charge in [-0.25, -0.2) is 0 Å². The molecule has 3 nitrogen and oxygen atoms in total. The van der Waals surface area contributed by atoms with Gasteiger partial charge in [0.25, 0.3) is 0 Å². The number of rotatable bonds is 8. The van der Waals surface area contributed by atoms with Crippen molar-refractivity contribution in [2.75, 3.05) is 41.2 Å². The molecule has 0 bridgehead atoms. The predicted octanol–water partition coefficient (Wildman–Crippen LogP) is 2.27. The number of hydrogen-bond acceptors (Lipinski definition) is 3. The minimum absolute atomic E-state index is 0.101. The normalized spacial score (nSPS) is 10.8. The molecule has 17 heavy (non-hydrogen) atoms. The fraction of sp³-hybridized carbons (Fsp3) is 0.714. The molecule has 0 N–H and O–H groups in total. The first kappa shape index (κ1) is 16.2. The van der Waals surface area contributed by atoms with Crippen LogP contribution in [0.3, 0.4) is 0 Å². The van der Waals surface area contributed by atoms with E-state index in [9.17, 15) is 0 Å². The van der Waals surface area contributed by atoms with Gasteiger partial charge in [0, 0.05) is 33.2 Å². The zero-order valence-corrected chi connectivity index (χ0v) is 11.5. The standard InChI is InChI=1S/C14H24O3/c1-13(2)10-14(11-16-4,12-17-5)8-6-7-9-15-3/h1,8-12H2,2-5H3. The van der Waals surface area contributed by atoms with Crippen LogP contribution >= 0.6 is 0 Å². The molecule has 0 radical (unpaired) electrons. The molecule has 0 aromatic heterocycles. The summed E-state index contributed by atoms with van der Waals surface area (Å²) in [4.78, 5) is 0. The van der Waals surface area contributed by atoms with E-state index in [2.05, 4.69) is 18.4 Å². The van der Waals surface area contributed by atoms with Gasteiger partial charge in [0.2, 0.25) is 0 Å². The van der Waals surface area contributed by atoms with Crippen LogP contribution in [0, 0.1) is 17.3 Å². The molecular weight excluding hydrogens is 216 g/mol. The third kappa shape index (κ3) is 7.17. The Morgan fingerprint density at radius 1 is 1.06 bits per heavy atom. The van der Waals surface area contributed by atoms with Gasteiger partial charge in [-0.15, -0.1) is 12.5 Å². The summed E-state index contributed by atoms with van der Waals surface area (Å²) in [5.41, 5.74) is 1.02. The summed E-state index contributed by atoms with van der Waals surface area (Å²) >= 11 is 0. The third-order valence-electron chi connectivity index (χ3n) is 2.38. The van der Waals surface area contributed by atoms with E-state index in [1.807, 2.05) is 6.92 Å². The largest absolute Gasteiger partial charge is 0.384 e. The fourth-order valence-electron chi connectivity index (χ4n) is 1.93. The number of ether oxygens (including phenoxy) is 3. The summed E-state index contributed by atoms with van der Waals surface area (Å²) in [5.74, 6) is 6.09. The second kappa shape index (κ2) is 9.23. The number of allylic oxidation sites excluding steroid dienone is 1. The monoisotopic (exact) mass is 240 g/mol. The Labute approximate surface area is 105 Å². The summed E-state index contributed by atoms with van der Waals surface area (Å²) in [6.45, 7) is 7.68. The lowest BCUT2D eigenvalue weighted by atomic mass is 9.80. The van der Waals surface area contributed by atoms with Gasteiger partial charge in [0.1, 0.15) is 6.61 Å². The first-order chi connectivity index (χ1) is 8.10. The second-order valence-electron chi connectivity index (χ2n) is 4.46. The summed E-state index contributed by atoms with van der Waals surface area (Å²) in [6.07, 6.45) is 1.58. The van der Waals surface area contributed by atoms with Crippen molar-refractivity contribution in [3.63, 3.8) is 0 Å². The summed E-state index contributed by atoms with van der Waals surface area (Å²) in [5, 5.41) is 0. The maximum absolute atomic E-state index is 5.30. The molecule has 0 heterocycles. The Morgan fingerprint density at radius 3 is 2.06 bits per heavy atom. The SMILES string of the molecule is C=C(C)CC(CC#CCOC)(COC)COC. The van der Waals surface area contributed by atoms with Crippen molar-refractivity contribution in [3.8, 4) is 11.8 Å². The van der Waals surface area contributed by atoms with Crippen molar-refractivity contribution in [2.45, 2.75) is 19.8 Å². The molecule has 0 aliphatic carbocycles. The predicted molar refractivity (Wildman–Crippen MR) is 69.9 cm³/mol. The van der Waals surface area contributed by atoms with Crippen LogP contribution in [0.4, 0.5) is 0 Å². The van der Waals surface area contributed by atoms with E-state index in [0.29, 0.717) is 19.8 Å². The number of hydrogen-bond donors (Lipinski definition) is 0. The first-order valence-corrected chi connectivity index (χ1v) is 5.67. The number of methoxy groups -OCH3 is 3. The van der Waals surface area contributed by atoms with Crippen molar-refractivity contribution in [3.05, 3.63) is 12.2 Å². The molecule has 3 heteroatoms. The maximum atomic E-state index is 5.30. The molecule has 98 valence electrons. The van der Waals surface area contributed by atoms with Crippen molar-refractivity contribution in [1.82, 2.24) is 0 Å². The molecule has 0 saturated carbocycles. The molecule has 0 aromatic rings. The minimum atomic E-state index is -0.101. The Kier molecular flexibility index (Phi) is 8.79. The highest BCUT2D eigenvalue weighted by molar-refractivity contribution is 5.07. The maximum Gasteiger partial charge on any atom is 0.107 e. The minimum Gasteiger partial charge on any atom is -0.384 e. The quantitative estimate of drug-likeness (QED) is 0.481. The fourth-order valence-corrected chi connectivity index (χ4v) is 1.93. The Bertz CT molecular complexity index is 267. The molecule has 0 rings (SSSR count). The van der Waals surface area contributed by atoms with Crippen molar-refractivity contribution in [2.24, 2.45) is 5.41 Å². The van der Waals surface area contributed by atoms with Gasteiger partial charge in [-0.05, 0) is 13.3 Å². The van der Waals surface area contributed by atoms with Crippen molar-refractivity contribution < 1.29 is 14.2 Å². The van der Waals surface area contributed by atoms with Crippen LogP contribution < -0.4 is 0 Å². The molecular formula is C14H24O3. The second-order valence-corrected chi connectivity index (χ2v) is 4.46. The van der Waals surface area contributed by atoms with Crippen LogP contribution in [0.5, 0.6) is 0 Å². The molecule has 0 spiro atoms. The van der Waals surface area contributed by atoms with E-state index in [-0.39, 0.29) is 5.41 Å². The zero-order chi connectivity index (χ0) is 13.1. The van der Waals surface area contributed by atoms with Gasteiger partial charge in [-0.1, -0.05) is 11.5 Å². The first-order valence-electron chi connectivity index (χ1n) is 5.67. The molecule has 0 fully saturated rings. The molecule has 0 aliphatic heterocycles. The molecule has 0 unspecified atom stereocenters. The van der Waals surface area contributed by atoms with Gasteiger partial charge in [-0.3, -0.25) is 0 Å². The topological polar surface area (TPSA) is 27.7 Å². The molecule has 0 aromatic carbocycles. The van der Waals surface area contributed by atoms with Crippen LogP contribution in [0.1, 0.15) is 19.8 Å². The van der Waals surface area contributed by atoms with Gasteiger partial charge in [0.15, 0.2) is 0 Å². The molecule has 0 aliphatic rings. The van der Waals surface area contributed by atoms with Gasteiger partial charge in [-0.2, -0.15) is 0 Å². The summed E-state index contributed by atoms with van der Waals surface area (Å²) < 4.78 is 15.5. The Balaban J connectivity index is 4.65. The summed E-state index contributed by atoms with van der Waals surface area (Å²) in [7, 11) is 5.04.